The number of aryl methyl sites for hydroxylation is 2. The fraction of sp³-hybridized carbons (Fsp3) is 0.636. The van der Waals surface area contributed by atoms with Crippen molar-refractivity contribution in [3.63, 3.8) is 0 Å². The molecule has 1 N–H and O–H groups in total. The van der Waals surface area contributed by atoms with Crippen molar-refractivity contribution in [3.8, 4) is 0 Å². The predicted octanol–water partition coefficient (Wildman–Crippen LogP) is 2.56. The molecule has 16 heavy (non-hydrogen) atoms. The van der Waals surface area contributed by atoms with Gasteiger partial charge in [-0.25, -0.2) is 4.79 Å². The van der Waals surface area contributed by atoms with Gasteiger partial charge >= 0.3 is 5.97 Å². The number of thioether (sulfide) groups is 1. The van der Waals surface area contributed by atoms with E-state index >= 15 is 0 Å². The molecule has 0 amide bonds. The number of rotatable bonds is 4. The number of hydrogen-bond donors (Lipinski definition) is 1. The highest BCUT2D eigenvalue weighted by Crippen LogP contribution is 2.31. The Kier molecular flexibility index (Phi) is 4.02. The molecule has 0 fully saturated rings. The number of carboxylic acid groups (broad SMARTS) is 1. The lowest BCUT2D eigenvalue weighted by atomic mass is 10.2. The number of nitrogens with zero attached hydrogens (tertiary/aromatic N) is 2. The highest BCUT2D eigenvalue weighted by atomic mass is 32.2. The molecule has 1 heterocycles. The summed E-state index contributed by atoms with van der Waals surface area (Å²) in [6.45, 7) is 8.08. The van der Waals surface area contributed by atoms with Crippen molar-refractivity contribution in [1.29, 1.82) is 0 Å². The van der Waals surface area contributed by atoms with Gasteiger partial charge in [0.15, 0.2) is 0 Å². The summed E-state index contributed by atoms with van der Waals surface area (Å²) in [5, 5.41) is 14.4. The van der Waals surface area contributed by atoms with Gasteiger partial charge in [0.1, 0.15) is 10.6 Å². The third-order valence-electron chi connectivity index (χ3n) is 2.62. The van der Waals surface area contributed by atoms with Crippen molar-refractivity contribution in [2.75, 3.05) is 0 Å². The molecule has 1 atom stereocenters. The van der Waals surface area contributed by atoms with Crippen LogP contribution in [0.4, 0.5) is 0 Å². The summed E-state index contributed by atoms with van der Waals surface area (Å²) in [6.07, 6.45) is 0. The Morgan fingerprint density at radius 1 is 1.44 bits per heavy atom. The third kappa shape index (κ3) is 2.58. The standard InChI is InChI=1S/C11H18N2O2S/c1-6(2)8(4)16-10-9(11(14)15)7(3)12-13(10)5/h6,8H,1-5H3,(H,14,15). The molecule has 0 saturated heterocycles. The Balaban J connectivity index is 3.07. The smallest absolute Gasteiger partial charge is 0.340 e. The van der Waals surface area contributed by atoms with Crippen LogP contribution in [0.1, 0.15) is 36.8 Å². The average Bonchev–Trinajstić information content (AvgIpc) is 2.41. The molecule has 0 saturated carbocycles. The summed E-state index contributed by atoms with van der Waals surface area (Å²) in [7, 11) is 1.79. The second-order valence-corrected chi connectivity index (χ2v) is 5.63. The highest BCUT2D eigenvalue weighted by molar-refractivity contribution is 7.99. The zero-order chi connectivity index (χ0) is 12.5. The van der Waals surface area contributed by atoms with E-state index < -0.39 is 5.97 Å². The molecule has 1 rings (SSSR count). The zero-order valence-corrected chi connectivity index (χ0v) is 11.1. The van der Waals surface area contributed by atoms with Crippen LogP contribution in [0.2, 0.25) is 0 Å². The predicted molar refractivity (Wildman–Crippen MR) is 65.1 cm³/mol. The molecular weight excluding hydrogens is 224 g/mol. The summed E-state index contributed by atoms with van der Waals surface area (Å²) in [4.78, 5) is 11.1. The van der Waals surface area contributed by atoms with Crippen molar-refractivity contribution in [3.05, 3.63) is 11.3 Å². The third-order valence-corrected chi connectivity index (χ3v) is 4.23. The minimum Gasteiger partial charge on any atom is -0.478 e. The molecule has 1 aromatic rings. The van der Waals surface area contributed by atoms with Crippen molar-refractivity contribution < 1.29 is 9.90 Å². The lowest BCUT2D eigenvalue weighted by Crippen LogP contribution is -2.09. The van der Waals surface area contributed by atoms with E-state index in [0.29, 0.717) is 22.4 Å². The van der Waals surface area contributed by atoms with E-state index in [1.807, 2.05) is 0 Å². The molecule has 5 heteroatoms. The van der Waals surface area contributed by atoms with Gasteiger partial charge in [-0.3, -0.25) is 4.68 Å². The Morgan fingerprint density at radius 3 is 2.44 bits per heavy atom. The van der Waals surface area contributed by atoms with E-state index in [-0.39, 0.29) is 0 Å². The maximum Gasteiger partial charge on any atom is 0.340 e. The quantitative estimate of drug-likeness (QED) is 0.824. The van der Waals surface area contributed by atoms with Gasteiger partial charge < -0.3 is 5.11 Å². The van der Waals surface area contributed by atoms with Crippen molar-refractivity contribution in [1.82, 2.24) is 9.78 Å². The van der Waals surface area contributed by atoms with E-state index in [0.717, 1.165) is 5.03 Å². The van der Waals surface area contributed by atoms with Crippen LogP contribution in [-0.2, 0) is 7.05 Å². The largest absolute Gasteiger partial charge is 0.478 e. The fourth-order valence-electron chi connectivity index (χ4n) is 1.33. The molecule has 0 radical (unpaired) electrons. The number of carbonyl (C=O) groups is 1. The van der Waals surface area contributed by atoms with Gasteiger partial charge in [-0.1, -0.05) is 20.8 Å². The maximum absolute atomic E-state index is 11.1. The van der Waals surface area contributed by atoms with Crippen LogP contribution in [0, 0.1) is 12.8 Å². The molecular formula is C11H18N2O2S. The van der Waals surface area contributed by atoms with Crippen LogP contribution in [0.5, 0.6) is 0 Å². The molecule has 1 unspecified atom stereocenters. The van der Waals surface area contributed by atoms with Crippen LogP contribution in [-0.4, -0.2) is 26.1 Å². The Hall–Kier alpha value is -0.970. The van der Waals surface area contributed by atoms with E-state index in [9.17, 15) is 4.79 Å². The number of aromatic nitrogens is 2. The Bertz CT molecular complexity index is 399. The molecule has 0 aliphatic heterocycles. The molecule has 1 aromatic heterocycles. The second-order valence-electron chi connectivity index (χ2n) is 4.26. The number of carboxylic acids is 1. The summed E-state index contributed by atoms with van der Waals surface area (Å²) in [5.74, 6) is -0.397. The van der Waals surface area contributed by atoms with Gasteiger partial charge in [-0.15, -0.1) is 11.8 Å². The van der Waals surface area contributed by atoms with Gasteiger partial charge in [0.05, 0.1) is 5.69 Å². The molecule has 0 aliphatic carbocycles. The zero-order valence-electron chi connectivity index (χ0n) is 10.3. The van der Waals surface area contributed by atoms with Crippen molar-refractivity contribution in [2.45, 2.75) is 38.0 Å². The minimum absolute atomic E-state index is 0.333. The Labute approximate surface area is 100 Å². The lowest BCUT2D eigenvalue weighted by Gasteiger charge is -2.15. The summed E-state index contributed by atoms with van der Waals surface area (Å²) < 4.78 is 1.66. The molecule has 0 spiro atoms. The summed E-state index contributed by atoms with van der Waals surface area (Å²) in [5.41, 5.74) is 0.911. The van der Waals surface area contributed by atoms with Crippen LogP contribution < -0.4 is 0 Å². The first-order valence-electron chi connectivity index (χ1n) is 5.28. The van der Waals surface area contributed by atoms with Gasteiger partial charge in [0, 0.05) is 12.3 Å². The second kappa shape index (κ2) is 4.91. The molecule has 0 bridgehead atoms. The van der Waals surface area contributed by atoms with E-state index in [1.165, 1.54) is 0 Å². The van der Waals surface area contributed by atoms with Crippen molar-refractivity contribution >= 4 is 17.7 Å². The SMILES string of the molecule is Cc1nn(C)c(SC(C)C(C)C)c1C(=O)O. The Morgan fingerprint density at radius 2 is 2.00 bits per heavy atom. The summed E-state index contributed by atoms with van der Waals surface area (Å²) >= 11 is 1.57. The highest BCUT2D eigenvalue weighted by Gasteiger charge is 2.22. The first-order chi connectivity index (χ1) is 7.34. The number of aromatic carboxylic acids is 1. The lowest BCUT2D eigenvalue weighted by molar-refractivity contribution is 0.0692. The van der Waals surface area contributed by atoms with Crippen molar-refractivity contribution in [2.24, 2.45) is 13.0 Å². The van der Waals surface area contributed by atoms with Crippen LogP contribution in [0.25, 0.3) is 0 Å². The topological polar surface area (TPSA) is 55.1 Å². The first kappa shape index (κ1) is 13.1. The van der Waals surface area contributed by atoms with Crippen LogP contribution in [0.15, 0.2) is 5.03 Å². The molecule has 0 aromatic carbocycles. The van der Waals surface area contributed by atoms with E-state index in [1.54, 1.807) is 30.4 Å². The van der Waals surface area contributed by atoms with Gasteiger partial charge in [0.25, 0.3) is 0 Å². The van der Waals surface area contributed by atoms with Gasteiger partial charge in [-0.05, 0) is 12.8 Å². The summed E-state index contributed by atoms with van der Waals surface area (Å²) in [6, 6.07) is 0. The normalized spacial score (nSPS) is 13.1. The average molecular weight is 242 g/mol. The van der Waals surface area contributed by atoms with Crippen LogP contribution in [0.3, 0.4) is 0 Å². The first-order valence-corrected chi connectivity index (χ1v) is 6.16. The molecule has 4 nitrogen and oxygen atoms in total. The monoisotopic (exact) mass is 242 g/mol. The minimum atomic E-state index is -0.899. The fourth-order valence-corrected chi connectivity index (χ4v) is 2.50. The van der Waals surface area contributed by atoms with Crippen LogP contribution >= 0.6 is 11.8 Å². The van der Waals surface area contributed by atoms with E-state index in [2.05, 4.69) is 25.9 Å². The maximum atomic E-state index is 11.1. The van der Waals surface area contributed by atoms with Gasteiger partial charge in [-0.2, -0.15) is 5.10 Å². The molecule has 90 valence electrons. The van der Waals surface area contributed by atoms with E-state index in [4.69, 9.17) is 5.11 Å². The van der Waals surface area contributed by atoms with Gasteiger partial charge in [0.2, 0.25) is 0 Å². The molecule has 0 aliphatic rings. The number of hydrogen-bond acceptors (Lipinski definition) is 3.